The van der Waals surface area contributed by atoms with Crippen molar-refractivity contribution >= 4 is 28.9 Å². The fourth-order valence-electron chi connectivity index (χ4n) is 5.00. The van der Waals surface area contributed by atoms with E-state index in [1.165, 1.54) is 35.0 Å². The molecule has 0 amide bonds. The molecule has 0 radical (unpaired) electrons. The summed E-state index contributed by atoms with van der Waals surface area (Å²) in [6.45, 7) is 9.31. The summed E-state index contributed by atoms with van der Waals surface area (Å²) in [6, 6.07) is 10.2. The number of methoxy groups -OCH3 is 2. The SMILES string of the molecule is CCc1cc2c(-c3ccc(OC(C)=O)c(C)c3)c(-c3cc(OC)c(OC(C)=O)c(OC)c3)c(=O)oc2c(C)c1OC(C)=O. The Morgan fingerprint density at radius 2 is 1.30 bits per heavy atom. The quantitative estimate of drug-likeness (QED) is 0.135. The van der Waals surface area contributed by atoms with Crippen LogP contribution in [0.1, 0.15) is 44.4 Å². The van der Waals surface area contributed by atoms with Crippen molar-refractivity contribution < 1.29 is 42.5 Å². The summed E-state index contributed by atoms with van der Waals surface area (Å²) >= 11 is 0. The minimum Gasteiger partial charge on any atom is -0.493 e. The second-order valence-electron chi connectivity index (χ2n) is 9.83. The average Bonchev–Trinajstić information content (AvgIpc) is 2.94. The Bertz CT molecular complexity index is 1810. The third-order valence-corrected chi connectivity index (χ3v) is 6.79. The molecule has 0 saturated carbocycles. The molecule has 0 saturated heterocycles. The Kier molecular flexibility index (Phi) is 8.89. The van der Waals surface area contributed by atoms with Crippen molar-refractivity contribution in [2.75, 3.05) is 14.2 Å². The van der Waals surface area contributed by atoms with Gasteiger partial charge in [0.05, 0.1) is 19.8 Å². The summed E-state index contributed by atoms with van der Waals surface area (Å²) in [5.74, 6) is -0.453. The molecule has 0 spiro atoms. The lowest BCUT2D eigenvalue weighted by atomic mass is 9.89. The molecule has 0 unspecified atom stereocenters. The highest BCUT2D eigenvalue weighted by Crippen LogP contribution is 2.46. The van der Waals surface area contributed by atoms with Crippen molar-refractivity contribution in [3.63, 3.8) is 0 Å². The molecule has 0 fully saturated rings. The maximum absolute atomic E-state index is 13.9. The summed E-state index contributed by atoms with van der Waals surface area (Å²) < 4.78 is 33.2. The predicted octanol–water partition coefficient (Wildman–Crippen LogP) is 6.10. The van der Waals surface area contributed by atoms with Gasteiger partial charge >= 0.3 is 23.5 Å². The van der Waals surface area contributed by atoms with Crippen molar-refractivity contribution in [3.05, 3.63) is 63.5 Å². The van der Waals surface area contributed by atoms with Crippen LogP contribution in [-0.2, 0) is 20.8 Å². The van der Waals surface area contributed by atoms with E-state index < -0.39 is 23.5 Å². The lowest BCUT2D eigenvalue weighted by molar-refractivity contribution is -0.133. The van der Waals surface area contributed by atoms with Crippen LogP contribution in [0.4, 0.5) is 0 Å². The molecular weight excluding hydrogens is 556 g/mol. The van der Waals surface area contributed by atoms with Gasteiger partial charge in [0.2, 0.25) is 5.75 Å². The average molecular weight is 589 g/mol. The van der Waals surface area contributed by atoms with Gasteiger partial charge in [0.1, 0.15) is 17.1 Å². The van der Waals surface area contributed by atoms with Crippen LogP contribution in [0.5, 0.6) is 28.7 Å². The first-order valence-electron chi connectivity index (χ1n) is 13.5. The molecular formula is C33H32O10. The van der Waals surface area contributed by atoms with Gasteiger partial charge in [-0.15, -0.1) is 0 Å². The molecule has 0 atom stereocenters. The highest BCUT2D eigenvalue weighted by atomic mass is 16.6. The Hall–Kier alpha value is -5.12. The predicted molar refractivity (Wildman–Crippen MR) is 159 cm³/mol. The highest BCUT2D eigenvalue weighted by molar-refractivity contribution is 6.04. The molecule has 1 heterocycles. The second-order valence-corrected chi connectivity index (χ2v) is 9.83. The van der Waals surface area contributed by atoms with Crippen LogP contribution in [-0.4, -0.2) is 32.1 Å². The minimum atomic E-state index is -0.685. The molecule has 3 aromatic carbocycles. The van der Waals surface area contributed by atoms with Gasteiger partial charge in [-0.3, -0.25) is 14.4 Å². The van der Waals surface area contributed by atoms with E-state index in [1.807, 2.05) is 13.0 Å². The number of hydrogen-bond donors (Lipinski definition) is 0. The van der Waals surface area contributed by atoms with Crippen molar-refractivity contribution in [1.82, 2.24) is 0 Å². The summed E-state index contributed by atoms with van der Waals surface area (Å²) in [5.41, 5.74) is 3.13. The van der Waals surface area contributed by atoms with E-state index in [-0.39, 0.29) is 28.4 Å². The van der Waals surface area contributed by atoms with Crippen LogP contribution >= 0.6 is 0 Å². The van der Waals surface area contributed by atoms with Crippen LogP contribution in [0.15, 0.2) is 45.6 Å². The first-order valence-corrected chi connectivity index (χ1v) is 13.5. The van der Waals surface area contributed by atoms with E-state index in [1.54, 1.807) is 44.2 Å². The topological polar surface area (TPSA) is 128 Å². The number of rotatable bonds is 8. The minimum absolute atomic E-state index is 0.0599. The zero-order valence-corrected chi connectivity index (χ0v) is 25.3. The summed E-state index contributed by atoms with van der Waals surface area (Å²) in [5, 5.41) is 0.585. The first kappa shape index (κ1) is 30.8. The Labute approximate surface area is 248 Å². The number of ether oxygens (including phenoxy) is 5. The number of fused-ring (bicyclic) bond motifs is 1. The maximum Gasteiger partial charge on any atom is 0.344 e. The Morgan fingerprint density at radius 3 is 1.81 bits per heavy atom. The zero-order chi connectivity index (χ0) is 31.6. The largest absolute Gasteiger partial charge is 0.493 e. The van der Waals surface area contributed by atoms with E-state index in [0.717, 1.165) is 5.56 Å². The molecule has 224 valence electrons. The number of aryl methyl sites for hydroxylation is 3. The van der Waals surface area contributed by atoms with Crippen LogP contribution in [0.25, 0.3) is 33.2 Å². The molecule has 10 nitrogen and oxygen atoms in total. The second kappa shape index (κ2) is 12.4. The Balaban J connectivity index is 2.17. The zero-order valence-electron chi connectivity index (χ0n) is 25.3. The fourth-order valence-corrected chi connectivity index (χ4v) is 5.00. The molecule has 0 aliphatic heterocycles. The number of hydrogen-bond acceptors (Lipinski definition) is 10. The van der Waals surface area contributed by atoms with Crippen molar-refractivity contribution in [1.29, 1.82) is 0 Å². The van der Waals surface area contributed by atoms with Crippen molar-refractivity contribution in [2.45, 2.75) is 48.0 Å². The van der Waals surface area contributed by atoms with Gasteiger partial charge in [0, 0.05) is 37.3 Å². The molecule has 0 aliphatic rings. The normalized spacial score (nSPS) is 10.8. The van der Waals surface area contributed by atoms with Crippen LogP contribution in [0.3, 0.4) is 0 Å². The monoisotopic (exact) mass is 588 g/mol. The number of carbonyl (C=O) groups is 3. The number of esters is 3. The van der Waals surface area contributed by atoms with E-state index in [4.69, 9.17) is 28.1 Å². The van der Waals surface area contributed by atoms with Gasteiger partial charge in [-0.05, 0) is 72.9 Å². The highest BCUT2D eigenvalue weighted by Gasteiger charge is 2.26. The Morgan fingerprint density at radius 1 is 0.721 bits per heavy atom. The molecule has 0 bridgehead atoms. The molecule has 1 aromatic heterocycles. The van der Waals surface area contributed by atoms with E-state index in [9.17, 15) is 19.2 Å². The van der Waals surface area contributed by atoms with E-state index >= 15 is 0 Å². The third-order valence-electron chi connectivity index (χ3n) is 6.79. The third kappa shape index (κ3) is 6.08. The maximum atomic E-state index is 13.9. The molecule has 4 aromatic rings. The number of benzene rings is 3. The van der Waals surface area contributed by atoms with Crippen LogP contribution in [0.2, 0.25) is 0 Å². The van der Waals surface area contributed by atoms with Crippen molar-refractivity contribution in [3.8, 4) is 51.0 Å². The summed E-state index contributed by atoms with van der Waals surface area (Å²) in [7, 11) is 2.81. The van der Waals surface area contributed by atoms with Gasteiger partial charge in [-0.1, -0.05) is 13.0 Å². The molecule has 0 aliphatic carbocycles. The molecule has 0 N–H and O–H groups in total. The van der Waals surface area contributed by atoms with Gasteiger partial charge in [-0.25, -0.2) is 4.79 Å². The van der Waals surface area contributed by atoms with Crippen molar-refractivity contribution in [2.24, 2.45) is 0 Å². The van der Waals surface area contributed by atoms with E-state index in [0.29, 0.717) is 51.1 Å². The van der Waals surface area contributed by atoms with Crippen LogP contribution < -0.4 is 29.3 Å². The standard InChI is InChI=1S/C33H32O10/c1-9-21-13-24-28(22-10-11-25(16(2)12-22)40-18(4)34)29(33(37)43-31(24)17(3)30(21)41-19(5)35)23-14-26(38-7)32(42-20(6)36)27(15-23)39-8/h10-15H,9H2,1-8H3. The van der Waals surface area contributed by atoms with E-state index in [2.05, 4.69) is 0 Å². The van der Waals surface area contributed by atoms with Gasteiger partial charge in [0.25, 0.3) is 0 Å². The van der Waals surface area contributed by atoms with Gasteiger partial charge < -0.3 is 28.1 Å². The molecule has 10 heteroatoms. The lowest BCUT2D eigenvalue weighted by Crippen LogP contribution is -2.11. The summed E-state index contributed by atoms with van der Waals surface area (Å²) in [6.07, 6.45) is 0.524. The molecule has 43 heavy (non-hydrogen) atoms. The van der Waals surface area contributed by atoms with Gasteiger partial charge in [0.15, 0.2) is 11.5 Å². The van der Waals surface area contributed by atoms with Crippen LogP contribution in [0, 0.1) is 13.8 Å². The van der Waals surface area contributed by atoms with Gasteiger partial charge in [-0.2, -0.15) is 0 Å². The smallest absolute Gasteiger partial charge is 0.344 e. The first-order chi connectivity index (χ1) is 20.4. The number of carbonyl (C=O) groups excluding carboxylic acids is 3. The summed E-state index contributed by atoms with van der Waals surface area (Å²) in [4.78, 5) is 49.3. The fraction of sp³-hybridized carbons (Fsp3) is 0.273. The lowest BCUT2D eigenvalue weighted by Gasteiger charge is -2.19. The molecule has 4 rings (SSSR count).